The Bertz CT molecular complexity index is 4480. The average molecular weight is 2040 g/mol. The van der Waals surface area contributed by atoms with E-state index < -0.39 is 0 Å². The number of unbranched alkanes of at least 4 members (excludes halogenated alkanes) is 60. The predicted molar refractivity (Wildman–Crippen MR) is 635 cm³/mol. The molecule has 0 aliphatic rings. The van der Waals surface area contributed by atoms with Crippen LogP contribution < -0.4 is 28.4 Å². The number of benzene rings is 6. The zero-order valence-electron chi connectivity index (χ0n) is 96.8. The Balaban J connectivity index is 1.40. The summed E-state index contributed by atoms with van der Waals surface area (Å²) >= 11 is 0. The number of rotatable bonds is 86. The number of hydrogen-bond donors (Lipinski definition) is 0. The van der Waals surface area contributed by atoms with E-state index in [4.69, 9.17) is 47.4 Å². The topological polar surface area (TPSA) is 92.3 Å². The molecule has 7 aromatic carbocycles. The van der Waals surface area contributed by atoms with Crippen molar-refractivity contribution in [3.05, 3.63) is 203 Å². The van der Waals surface area contributed by atoms with Gasteiger partial charge in [0.05, 0.1) is 131 Å². The van der Waals surface area contributed by atoms with Gasteiger partial charge in [-0.05, 0) is 222 Å². The van der Waals surface area contributed by atoms with Crippen molar-refractivity contribution < 1.29 is 47.4 Å². The molecule has 0 fully saturated rings. The van der Waals surface area contributed by atoms with E-state index in [9.17, 15) is 0 Å². The Labute approximate surface area is 917 Å². The van der Waals surface area contributed by atoms with Crippen LogP contribution in [0.2, 0.25) is 0 Å². The highest BCUT2D eigenvalue weighted by Crippen LogP contribution is 2.35. The van der Waals surface area contributed by atoms with Crippen molar-refractivity contribution in [1.82, 2.24) is 0 Å². The minimum atomic E-state index is 0.250. The highest BCUT2D eigenvalue weighted by Gasteiger charge is 2.14. The summed E-state index contributed by atoms with van der Waals surface area (Å²) in [6.45, 7) is 26.7. The first-order chi connectivity index (χ1) is 73.9. The van der Waals surface area contributed by atoms with Gasteiger partial charge in [0, 0.05) is 14.2 Å². The van der Waals surface area contributed by atoms with E-state index in [2.05, 4.69) is 239 Å². The fourth-order valence-electron chi connectivity index (χ4n) is 19.8. The number of methoxy groups -OCH3 is 2. The fraction of sp³-hybridized carbons (Fsp3) is 0.629. The third-order valence-corrected chi connectivity index (χ3v) is 28.4. The van der Waals surface area contributed by atoms with Gasteiger partial charge in [0.15, 0.2) is 34.5 Å². The minimum Gasteiger partial charge on any atom is -0.491 e. The molecule has 150 heavy (non-hydrogen) atoms. The summed E-state index contributed by atoms with van der Waals surface area (Å²) in [5, 5.41) is 8.43. The maximum atomic E-state index is 7.03. The Kier molecular flexibility index (Phi) is 72.9. The lowest BCUT2D eigenvalue weighted by atomic mass is 10.0. The van der Waals surface area contributed by atoms with Crippen molar-refractivity contribution in [3.8, 4) is 34.5 Å². The molecule has 0 aromatic heterocycles. The van der Waals surface area contributed by atoms with Crippen molar-refractivity contribution in [2.75, 3.05) is 93.5 Å². The quantitative estimate of drug-likeness (QED) is 0.0343. The number of ether oxygens (including phenoxy) is 10. The third kappa shape index (κ3) is 57.9. The molecule has 7 rings (SSSR count). The second kappa shape index (κ2) is 85.8. The molecule has 0 heterocycles. The molecule has 0 aliphatic carbocycles. The summed E-state index contributed by atoms with van der Waals surface area (Å²) in [7, 11) is 3.37. The van der Waals surface area contributed by atoms with E-state index in [0.29, 0.717) is 144 Å². The SMILES string of the molecule is CCCCCCCCCCCCCCCCCCOc1c2c#cc#cc3cc(C)cc(c#cc4cc(C)cc(c#cc5cc(C)cc(c#cc#cc6cc(C)cc(c#cc7cc(C)cc(c#cc1cc(C)c2)c7OCCOCCOC)c6OCCCCCCCCCCCCCCCCCC)c5OCCCCCCCCCCCCCCCCCC)c4OCCOCCOC)c3OCCCCCCCCCCCCCCCCCC. The average Bonchev–Trinajstić information content (AvgIpc) is 0.945. The van der Waals surface area contributed by atoms with Crippen LogP contribution in [0.15, 0.2) is 72.8 Å². The normalized spacial score (nSPS) is 10.9. The van der Waals surface area contributed by atoms with E-state index in [1.54, 1.807) is 14.2 Å². The van der Waals surface area contributed by atoms with Crippen LogP contribution >= 0.6 is 0 Å². The van der Waals surface area contributed by atoms with Gasteiger partial charge in [0.25, 0.3) is 0 Å². The van der Waals surface area contributed by atoms with Crippen LogP contribution in [0.3, 0.4) is 0 Å². The van der Waals surface area contributed by atoms with Crippen molar-refractivity contribution in [3.63, 3.8) is 0 Å². The first-order valence-electron chi connectivity index (χ1n) is 60.8. The van der Waals surface area contributed by atoms with Gasteiger partial charge in [-0.2, -0.15) is 0 Å². The largest absolute Gasteiger partial charge is 0.491 e. The zero-order chi connectivity index (χ0) is 106. The van der Waals surface area contributed by atoms with Gasteiger partial charge in [-0.3, -0.25) is 0 Å². The summed E-state index contributed by atoms with van der Waals surface area (Å²) in [6, 6.07) is 81.8. The van der Waals surface area contributed by atoms with E-state index >= 15 is 0 Å². The summed E-state index contributed by atoms with van der Waals surface area (Å²) in [4.78, 5) is 0. The zero-order valence-corrected chi connectivity index (χ0v) is 96.8. The Morgan fingerprint density at radius 1 is 0.140 bits per heavy atom. The summed E-state index contributed by atoms with van der Waals surface area (Å²) < 4.78 is 64.8. The predicted octanol–water partition coefficient (Wildman–Crippen LogP) is 40.1. The number of aryl methyl sites for hydroxylation is 6. The van der Waals surface area contributed by atoms with E-state index in [1.807, 2.05) is 0 Å². The lowest BCUT2D eigenvalue weighted by Crippen LogP contribution is -2.10. The van der Waals surface area contributed by atoms with Gasteiger partial charge in [-0.15, -0.1) is 0 Å². The molecule has 10 nitrogen and oxygen atoms in total. The Morgan fingerprint density at radius 3 is 0.400 bits per heavy atom. The van der Waals surface area contributed by atoms with Gasteiger partial charge < -0.3 is 47.4 Å². The van der Waals surface area contributed by atoms with Gasteiger partial charge in [-0.25, -0.2) is 0 Å². The Morgan fingerprint density at radius 2 is 0.260 bits per heavy atom. The van der Waals surface area contributed by atoms with Crippen LogP contribution in [0.5, 0.6) is 34.5 Å². The molecular formula is C140H200O10. The lowest BCUT2D eigenvalue weighted by Gasteiger charge is -2.10. The number of hydrogen-bond acceptors (Lipinski definition) is 10. The first-order valence-corrected chi connectivity index (χ1v) is 60.8. The van der Waals surface area contributed by atoms with Crippen molar-refractivity contribution in [2.24, 2.45) is 0 Å². The Hall–Kier alpha value is -9.56. The first kappa shape index (κ1) is 127. The van der Waals surface area contributed by atoms with Crippen LogP contribution in [-0.2, 0) is 18.9 Å². The van der Waals surface area contributed by atoms with E-state index in [-0.39, 0.29) is 13.2 Å². The second-order valence-corrected chi connectivity index (χ2v) is 42.6. The molecule has 820 valence electrons. The molecule has 0 saturated carbocycles. The van der Waals surface area contributed by atoms with E-state index in [0.717, 1.165) is 132 Å². The maximum absolute atomic E-state index is 7.03. The van der Waals surface area contributed by atoms with Gasteiger partial charge >= 0.3 is 0 Å². The molecule has 10 heteroatoms. The van der Waals surface area contributed by atoms with Crippen molar-refractivity contribution in [1.29, 1.82) is 0 Å². The van der Waals surface area contributed by atoms with E-state index in [1.165, 1.54) is 334 Å². The molecule has 0 saturated heterocycles. The molecule has 0 N–H and O–H groups in total. The van der Waals surface area contributed by atoms with Crippen LogP contribution in [-0.4, -0.2) is 93.5 Å². The van der Waals surface area contributed by atoms with Crippen LogP contribution in [0.25, 0.3) is 64.6 Å². The molecule has 0 aliphatic heterocycles. The van der Waals surface area contributed by atoms with Crippen molar-refractivity contribution >= 4 is 64.6 Å². The maximum Gasteiger partial charge on any atom is 0.150 e. The van der Waals surface area contributed by atoms with Crippen LogP contribution in [0.4, 0.5) is 0 Å². The summed E-state index contributed by atoms with van der Waals surface area (Å²) in [5.74, 6) is 3.61. The lowest BCUT2D eigenvalue weighted by molar-refractivity contribution is 0.0549. The summed E-state index contributed by atoms with van der Waals surface area (Å²) in [5.41, 5.74) is 5.89. The molecular weight excluding hydrogens is 1840 g/mol. The van der Waals surface area contributed by atoms with Gasteiger partial charge in [0.1, 0.15) is 13.2 Å². The molecule has 0 radical (unpaired) electrons. The molecule has 7 aromatic rings. The standard InChI is InChI=1S/C140H200O10/c1-13-17-21-25-29-33-37-41-45-49-53-57-61-65-69-77-93-145-135-123-81-73-74-82-124-106-118(6)110-128(136(124)146-94-78-70-66-62-58-54-50-46-42-38-34-30-26-22-18-14-2)87-91-133-115-122(10)116-134(140(133)150-104-102-144-100-98-142-12)92-88-130-112-120(8)108-126(138(130)148-96-80-72-68-64-60-56-52-48-44-40-36-32-28-24-20-16-4)84-76-75-83-125-107-119(7)111-129(137(125)147-95-79-71-67-63-59-55-51-47-43-39-35-31-27-23-19-15-3)86-90-132-114-121(9)113-131(89-85-127(135)109-117(5)105-123)139(132)149-103-101-143-99-97-141-11/h105-116H,13-72,77-80,93-104H2,1-12H3. The highest BCUT2D eigenvalue weighted by molar-refractivity contribution is 5.86. The monoisotopic (exact) mass is 2040 g/mol. The molecule has 0 spiro atoms. The molecule has 0 unspecified atom stereocenters. The highest BCUT2D eigenvalue weighted by atomic mass is 16.5. The number of fused-ring (bicyclic) bond motifs is 12. The van der Waals surface area contributed by atoms with Gasteiger partial charge in [-0.1, -0.05) is 461 Å². The second-order valence-electron chi connectivity index (χ2n) is 42.6. The smallest absolute Gasteiger partial charge is 0.150 e. The summed E-state index contributed by atoms with van der Waals surface area (Å²) in [6.07, 6.45) is 82.3. The third-order valence-electron chi connectivity index (χ3n) is 28.4. The fourth-order valence-corrected chi connectivity index (χ4v) is 19.8. The molecule has 12 bridgehead atoms. The van der Waals surface area contributed by atoms with Crippen LogP contribution in [0.1, 0.15) is 472 Å². The van der Waals surface area contributed by atoms with Crippen molar-refractivity contribution in [2.45, 2.75) is 480 Å². The molecule has 0 atom stereocenters. The van der Waals surface area contributed by atoms with Crippen LogP contribution in [0, 0.1) is 139 Å². The minimum absolute atomic E-state index is 0.250. The molecule has 0 amide bonds. The van der Waals surface area contributed by atoms with Gasteiger partial charge in [0.2, 0.25) is 0 Å².